The van der Waals surface area contributed by atoms with Crippen molar-refractivity contribution < 1.29 is 14.8 Å². The fourth-order valence-corrected chi connectivity index (χ4v) is 1.30. The molecule has 0 aliphatic carbocycles. The van der Waals surface area contributed by atoms with E-state index in [4.69, 9.17) is 5.11 Å². The molecule has 0 unspecified atom stereocenters. The molecule has 0 aliphatic rings. The van der Waals surface area contributed by atoms with Crippen LogP contribution in [0.1, 0.15) is 15.9 Å². The molecule has 0 saturated heterocycles. The molecule has 17 heavy (non-hydrogen) atoms. The Morgan fingerprint density at radius 1 is 1.47 bits per heavy atom. The smallest absolute Gasteiger partial charge is 0.336 e. The lowest BCUT2D eigenvalue weighted by molar-refractivity contribution is -0.385. The van der Waals surface area contributed by atoms with Crippen LogP contribution >= 0.6 is 0 Å². The molecular weight excluding hydrogens is 224 g/mol. The van der Waals surface area contributed by atoms with Gasteiger partial charge in [0.2, 0.25) is 0 Å². The summed E-state index contributed by atoms with van der Waals surface area (Å²) in [5, 5.41) is 19.8. The third-order valence-corrected chi connectivity index (χ3v) is 2.05. The van der Waals surface area contributed by atoms with E-state index in [1.165, 1.54) is 24.3 Å². The number of nitrogens with zero attached hydrogens (tertiary/aromatic N) is 2. The predicted molar refractivity (Wildman–Crippen MR) is 62.8 cm³/mol. The van der Waals surface area contributed by atoms with Gasteiger partial charge in [-0.2, -0.15) is 0 Å². The summed E-state index contributed by atoms with van der Waals surface area (Å²) in [5.41, 5.74) is -0.209. The van der Waals surface area contributed by atoms with Gasteiger partial charge in [-0.1, -0.05) is 6.07 Å². The van der Waals surface area contributed by atoms with E-state index in [-0.39, 0.29) is 16.8 Å². The number of aromatic carboxylic acids is 1. The minimum atomic E-state index is -1.19. The van der Waals surface area contributed by atoms with Gasteiger partial charge in [-0.25, -0.2) is 4.79 Å². The molecule has 0 atom stereocenters. The van der Waals surface area contributed by atoms with Gasteiger partial charge in [-0.05, 0) is 18.3 Å². The quantitative estimate of drug-likeness (QED) is 0.636. The molecule has 0 aromatic heterocycles. The highest BCUT2D eigenvalue weighted by atomic mass is 16.6. The van der Waals surface area contributed by atoms with E-state index in [2.05, 4.69) is 0 Å². The molecular formula is C11H12N2O4. The molecule has 0 fully saturated rings. The van der Waals surface area contributed by atoms with E-state index in [9.17, 15) is 14.9 Å². The molecule has 6 heteroatoms. The zero-order chi connectivity index (χ0) is 13.0. The molecule has 0 radical (unpaired) electrons. The van der Waals surface area contributed by atoms with Gasteiger partial charge in [0, 0.05) is 20.2 Å². The van der Waals surface area contributed by atoms with Gasteiger partial charge < -0.3 is 10.0 Å². The number of carboxylic acid groups (broad SMARTS) is 1. The summed E-state index contributed by atoms with van der Waals surface area (Å²) in [4.78, 5) is 22.9. The van der Waals surface area contributed by atoms with Crippen LogP contribution in [0.25, 0.3) is 6.08 Å². The van der Waals surface area contributed by atoms with Crippen molar-refractivity contribution in [2.75, 3.05) is 14.1 Å². The van der Waals surface area contributed by atoms with Crippen molar-refractivity contribution in [1.29, 1.82) is 0 Å². The van der Waals surface area contributed by atoms with E-state index >= 15 is 0 Å². The Morgan fingerprint density at radius 3 is 2.59 bits per heavy atom. The SMILES string of the molecule is CN(C)C=Cc1c(C(=O)O)cccc1[N+](=O)[O-]. The molecule has 90 valence electrons. The van der Waals surface area contributed by atoms with Crippen molar-refractivity contribution in [3.63, 3.8) is 0 Å². The number of nitro benzene ring substituents is 1. The van der Waals surface area contributed by atoms with Gasteiger partial charge in [-0.15, -0.1) is 0 Å². The number of nitro groups is 1. The van der Waals surface area contributed by atoms with Gasteiger partial charge in [0.1, 0.15) is 0 Å². The first kappa shape index (κ1) is 12.7. The lowest BCUT2D eigenvalue weighted by Crippen LogP contribution is -2.04. The zero-order valence-electron chi connectivity index (χ0n) is 9.45. The fourth-order valence-electron chi connectivity index (χ4n) is 1.30. The highest BCUT2D eigenvalue weighted by Crippen LogP contribution is 2.24. The third kappa shape index (κ3) is 3.04. The van der Waals surface area contributed by atoms with Crippen LogP contribution in [-0.2, 0) is 0 Å². The van der Waals surface area contributed by atoms with Crippen LogP contribution in [0.5, 0.6) is 0 Å². The zero-order valence-corrected chi connectivity index (χ0v) is 9.45. The number of benzene rings is 1. The predicted octanol–water partition coefficient (Wildman–Crippen LogP) is 1.83. The molecule has 1 N–H and O–H groups in total. The fraction of sp³-hybridized carbons (Fsp3) is 0.182. The molecule has 0 aliphatic heterocycles. The first-order valence-electron chi connectivity index (χ1n) is 4.79. The molecule has 0 saturated carbocycles. The van der Waals surface area contributed by atoms with Crippen LogP contribution in [0.4, 0.5) is 5.69 Å². The van der Waals surface area contributed by atoms with Gasteiger partial charge in [-0.3, -0.25) is 10.1 Å². The molecule has 1 rings (SSSR count). The molecule has 0 bridgehead atoms. The van der Waals surface area contributed by atoms with Gasteiger partial charge >= 0.3 is 5.97 Å². The molecule has 1 aromatic carbocycles. The molecule has 0 spiro atoms. The summed E-state index contributed by atoms with van der Waals surface area (Å²) in [5.74, 6) is -1.19. The Kier molecular flexibility index (Phi) is 3.82. The Bertz CT molecular complexity index is 448. The second-order valence-corrected chi connectivity index (χ2v) is 3.58. The van der Waals surface area contributed by atoms with Gasteiger partial charge in [0.15, 0.2) is 0 Å². The van der Waals surface area contributed by atoms with Crippen molar-refractivity contribution in [1.82, 2.24) is 4.90 Å². The van der Waals surface area contributed by atoms with Crippen LogP contribution in [-0.4, -0.2) is 35.0 Å². The summed E-state index contributed by atoms with van der Waals surface area (Å²) < 4.78 is 0. The average molecular weight is 236 g/mol. The van der Waals surface area contributed by atoms with Crippen molar-refractivity contribution in [2.45, 2.75) is 0 Å². The van der Waals surface area contributed by atoms with Crippen molar-refractivity contribution in [2.24, 2.45) is 0 Å². The summed E-state index contributed by atoms with van der Waals surface area (Å²) in [7, 11) is 3.48. The van der Waals surface area contributed by atoms with Crippen molar-refractivity contribution in [3.05, 3.63) is 45.6 Å². The highest BCUT2D eigenvalue weighted by Gasteiger charge is 2.18. The number of hydrogen-bond acceptors (Lipinski definition) is 4. The maximum Gasteiger partial charge on any atom is 0.336 e. The first-order chi connectivity index (χ1) is 7.93. The van der Waals surface area contributed by atoms with Crippen LogP contribution < -0.4 is 0 Å². The first-order valence-corrected chi connectivity index (χ1v) is 4.79. The molecule has 6 nitrogen and oxygen atoms in total. The largest absolute Gasteiger partial charge is 0.478 e. The normalized spacial score (nSPS) is 10.5. The van der Waals surface area contributed by atoms with E-state index in [1.54, 1.807) is 25.2 Å². The molecule has 0 amide bonds. The van der Waals surface area contributed by atoms with Crippen LogP contribution in [0.15, 0.2) is 24.4 Å². The maximum absolute atomic E-state index is 11.0. The number of rotatable bonds is 4. The third-order valence-electron chi connectivity index (χ3n) is 2.05. The lowest BCUT2D eigenvalue weighted by atomic mass is 10.1. The summed E-state index contributed by atoms with van der Waals surface area (Å²) in [6, 6.07) is 3.97. The van der Waals surface area contributed by atoms with Crippen LogP contribution in [0, 0.1) is 10.1 Å². The summed E-state index contributed by atoms with van der Waals surface area (Å²) >= 11 is 0. The summed E-state index contributed by atoms with van der Waals surface area (Å²) in [6.07, 6.45) is 2.98. The van der Waals surface area contributed by atoms with E-state index < -0.39 is 10.9 Å². The number of hydrogen-bond donors (Lipinski definition) is 1. The van der Waals surface area contributed by atoms with E-state index in [0.717, 1.165) is 0 Å². The maximum atomic E-state index is 11.0. The van der Waals surface area contributed by atoms with Crippen molar-refractivity contribution >= 4 is 17.7 Å². The minimum Gasteiger partial charge on any atom is -0.478 e. The van der Waals surface area contributed by atoms with Crippen LogP contribution in [0.3, 0.4) is 0 Å². The average Bonchev–Trinajstić information content (AvgIpc) is 2.25. The molecule has 0 heterocycles. The van der Waals surface area contributed by atoms with Gasteiger partial charge in [0.05, 0.1) is 16.1 Å². The monoisotopic (exact) mass is 236 g/mol. The topological polar surface area (TPSA) is 83.7 Å². The molecule has 1 aromatic rings. The Balaban J connectivity index is 3.38. The van der Waals surface area contributed by atoms with E-state index in [1.807, 2.05) is 0 Å². The Labute approximate surface area is 97.9 Å². The second kappa shape index (κ2) is 5.11. The van der Waals surface area contributed by atoms with E-state index in [0.29, 0.717) is 0 Å². The highest BCUT2D eigenvalue weighted by molar-refractivity contribution is 5.94. The second-order valence-electron chi connectivity index (χ2n) is 3.58. The Hall–Kier alpha value is -2.37. The number of carboxylic acids is 1. The Morgan fingerprint density at radius 2 is 2.12 bits per heavy atom. The van der Waals surface area contributed by atoms with Crippen molar-refractivity contribution in [3.8, 4) is 0 Å². The number of carbonyl (C=O) groups is 1. The minimum absolute atomic E-state index is 0.0858. The lowest BCUT2D eigenvalue weighted by Gasteiger charge is -2.05. The standard InChI is InChI=1S/C11H12N2O4/c1-12(2)7-6-8-9(11(14)15)4-3-5-10(8)13(16)17/h3-7H,1-2H3,(H,14,15). The summed E-state index contributed by atoms with van der Waals surface area (Å²) in [6.45, 7) is 0. The van der Waals surface area contributed by atoms with Gasteiger partial charge in [0.25, 0.3) is 5.69 Å². The van der Waals surface area contributed by atoms with Crippen LogP contribution in [0.2, 0.25) is 0 Å².